The molecule has 3 aromatic rings. The molecule has 12 heteroatoms. The van der Waals surface area contributed by atoms with Crippen molar-refractivity contribution in [1.82, 2.24) is 14.5 Å². The zero-order valence-corrected chi connectivity index (χ0v) is 20.5. The second-order valence-electron chi connectivity index (χ2n) is 8.86. The number of benzene rings is 1. The second-order valence-corrected chi connectivity index (χ2v) is 8.86. The fourth-order valence-corrected chi connectivity index (χ4v) is 4.55. The number of likely N-dealkylation sites (tertiary alicyclic amines) is 1. The van der Waals surface area contributed by atoms with Crippen molar-refractivity contribution >= 4 is 28.5 Å². The van der Waals surface area contributed by atoms with E-state index in [9.17, 15) is 27.9 Å². The number of alkyl halides is 3. The lowest BCUT2D eigenvalue weighted by atomic mass is 9.99. The van der Waals surface area contributed by atoms with E-state index in [-0.39, 0.29) is 11.3 Å². The SMILES string of the molecule is CCc1c(-c2ccc3c(c2)cc(CN2CCCCC2)n3C)[nH]c(=O)c(C(=O)O)c1N.O=C(O)C(F)(F)F. The Balaban J connectivity index is 0.000000479. The Hall–Kier alpha value is -3.80. The molecule has 200 valence electrons. The number of aromatic nitrogens is 2. The maximum Gasteiger partial charge on any atom is 0.490 e. The maximum absolute atomic E-state index is 12.4. The highest BCUT2D eigenvalue weighted by Crippen LogP contribution is 2.31. The summed E-state index contributed by atoms with van der Waals surface area (Å²) in [6.07, 6.45) is -0.730. The smallest absolute Gasteiger partial charge is 0.477 e. The number of fused-ring (bicyclic) bond motifs is 1. The summed E-state index contributed by atoms with van der Waals surface area (Å²) in [5.41, 5.74) is 9.50. The number of aryl methyl sites for hydroxylation is 1. The molecule has 0 amide bonds. The number of aromatic carboxylic acids is 1. The summed E-state index contributed by atoms with van der Waals surface area (Å²) < 4.78 is 34.0. The molecule has 1 aliphatic heterocycles. The number of nitrogens with zero attached hydrogens (tertiary/aromatic N) is 2. The van der Waals surface area contributed by atoms with Gasteiger partial charge in [0.15, 0.2) is 0 Å². The Bertz CT molecular complexity index is 1370. The lowest BCUT2D eigenvalue weighted by Gasteiger charge is -2.26. The van der Waals surface area contributed by atoms with E-state index in [1.807, 2.05) is 25.1 Å². The Labute approximate surface area is 210 Å². The average molecular weight is 523 g/mol. The molecule has 2 aromatic heterocycles. The van der Waals surface area contributed by atoms with Crippen LogP contribution in [0.1, 0.15) is 47.8 Å². The molecule has 1 saturated heterocycles. The van der Waals surface area contributed by atoms with E-state index in [1.165, 1.54) is 25.0 Å². The van der Waals surface area contributed by atoms with E-state index in [0.717, 1.165) is 36.1 Å². The number of nitrogen functional groups attached to an aromatic ring is 1. The molecule has 0 unspecified atom stereocenters. The summed E-state index contributed by atoms with van der Waals surface area (Å²) in [5, 5.41) is 17.5. The maximum atomic E-state index is 12.4. The van der Waals surface area contributed by atoms with Crippen molar-refractivity contribution in [3.05, 3.63) is 51.4 Å². The predicted octanol–water partition coefficient (Wildman–Crippen LogP) is 4.00. The van der Waals surface area contributed by atoms with Crippen LogP contribution in [0.4, 0.5) is 18.9 Å². The number of hydrogen-bond donors (Lipinski definition) is 4. The van der Waals surface area contributed by atoms with Gasteiger partial charge in [-0.05, 0) is 56.1 Å². The van der Waals surface area contributed by atoms with Gasteiger partial charge in [-0.25, -0.2) is 9.59 Å². The van der Waals surface area contributed by atoms with E-state index < -0.39 is 23.7 Å². The molecule has 0 aliphatic carbocycles. The van der Waals surface area contributed by atoms with Crippen molar-refractivity contribution in [3.63, 3.8) is 0 Å². The third-order valence-corrected chi connectivity index (χ3v) is 6.44. The zero-order chi connectivity index (χ0) is 27.5. The minimum Gasteiger partial charge on any atom is -0.477 e. The van der Waals surface area contributed by atoms with E-state index in [0.29, 0.717) is 17.7 Å². The highest BCUT2D eigenvalue weighted by Gasteiger charge is 2.38. The van der Waals surface area contributed by atoms with Crippen molar-refractivity contribution in [1.29, 1.82) is 0 Å². The van der Waals surface area contributed by atoms with Crippen molar-refractivity contribution < 1.29 is 33.0 Å². The van der Waals surface area contributed by atoms with Crippen molar-refractivity contribution in [2.75, 3.05) is 18.8 Å². The average Bonchev–Trinajstić information content (AvgIpc) is 3.13. The first kappa shape index (κ1) is 27.8. The molecule has 0 radical (unpaired) electrons. The quantitative estimate of drug-likeness (QED) is 0.397. The number of carboxylic acids is 2. The number of rotatable bonds is 5. The second kappa shape index (κ2) is 11.1. The first-order chi connectivity index (χ1) is 17.3. The number of piperidine rings is 1. The van der Waals surface area contributed by atoms with Gasteiger partial charge in [0, 0.05) is 35.8 Å². The van der Waals surface area contributed by atoms with E-state index in [4.69, 9.17) is 15.6 Å². The lowest BCUT2D eigenvalue weighted by molar-refractivity contribution is -0.192. The molecular formula is C25H29F3N4O5. The number of aromatic amines is 1. The zero-order valence-electron chi connectivity index (χ0n) is 20.5. The van der Waals surface area contributed by atoms with Gasteiger partial charge in [-0.1, -0.05) is 19.4 Å². The van der Waals surface area contributed by atoms with Crippen LogP contribution in [-0.2, 0) is 24.8 Å². The number of pyridine rings is 1. The number of carbonyl (C=O) groups is 2. The van der Waals surface area contributed by atoms with Gasteiger partial charge in [-0.2, -0.15) is 13.2 Å². The fourth-order valence-electron chi connectivity index (χ4n) is 4.55. The normalized spacial score (nSPS) is 14.3. The van der Waals surface area contributed by atoms with Crippen LogP contribution in [-0.4, -0.2) is 55.9 Å². The van der Waals surface area contributed by atoms with Gasteiger partial charge < -0.3 is 25.5 Å². The Morgan fingerprint density at radius 1 is 1.11 bits per heavy atom. The number of hydrogen-bond acceptors (Lipinski definition) is 5. The summed E-state index contributed by atoms with van der Waals surface area (Å²) in [4.78, 5) is 37.9. The van der Waals surface area contributed by atoms with Crippen LogP contribution in [0.2, 0.25) is 0 Å². The van der Waals surface area contributed by atoms with Crippen LogP contribution >= 0.6 is 0 Å². The number of H-pyrrole nitrogens is 1. The van der Waals surface area contributed by atoms with Gasteiger partial charge in [0.05, 0.1) is 11.4 Å². The summed E-state index contributed by atoms with van der Waals surface area (Å²) in [6, 6.07) is 8.24. The Morgan fingerprint density at radius 2 is 1.73 bits per heavy atom. The predicted molar refractivity (Wildman–Crippen MR) is 133 cm³/mol. The molecule has 37 heavy (non-hydrogen) atoms. The van der Waals surface area contributed by atoms with Gasteiger partial charge in [0.1, 0.15) is 5.56 Å². The highest BCUT2D eigenvalue weighted by atomic mass is 19.4. The van der Waals surface area contributed by atoms with Gasteiger partial charge in [0.25, 0.3) is 5.56 Å². The summed E-state index contributed by atoms with van der Waals surface area (Å²) in [6.45, 7) is 5.11. The van der Waals surface area contributed by atoms with Crippen LogP contribution in [0.25, 0.3) is 22.2 Å². The minimum absolute atomic E-state index is 0.0442. The molecule has 1 fully saturated rings. The molecule has 4 rings (SSSR count). The van der Waals surface area contributed by atoms with Crippen molar-refractivity contribution in [2.45, 2.75) is 45.3 Å². The first-order valence-electron chi connectivity index (χ1n) is 11.7. The first-order valence-corrected chi connectivity index (χ1v) is 11.7. The third-order valence-electron chi connectivity index (χ3n) is 6.44. The summed E-state index contributed by atoms with van der Waals surface area (Å²) >= 11 is 0. The van der Waals surface area contributed by atoms with Crippen LogP contribution in [0.15, 0.2) is 29.1 Å². The number of nitrogens with two attached hydrogens (primary N) is 1. The van der Waals surface area contributed by atoms with E-state index >= 15 is 0 Å². The molecular weight excluding hydrogens is 493 g/mol. The topological polar surface area (TPSA) is 142 Å². The number of nitrogens with one attached hydrogen (secondary N) is 1. The standard InChI is InChI=1S/C23H28N4O3.C2HF3O2/c1-3-17-20(24)19(23(29)30)22(28)25-21(17)14-7-8-18-15(11-14)12-16(26(18)2)13-27-9-5-4-6-10-27;3-2(4,5)1(6)7/h7-8,11-12H,3-6,9-10,13H2,1-2H3,(H,29,30)(H3,24,25,28);(H,6,7). The van der Waals surface area contributed by atoms with Gasteiger partial charge >= 0.3 is 18.1 Å². The summed E-state index contributed by atoms with van der Waals surface area (Å²) in [7, 11) is 2.08. The van der Waals surface area contributed by atoms with E-state index in [2.05, 4.69) is 27.6 Å². The number of carboxylic acid groups (broad SMARTS) is 2. The summed E-state index contributed by atoms with van der Waals surface area (Å²) in [5.74, 6) is -4.07. The molecule has 0 saturated carbocycles. The van der Waals surface area contributed by atoms with Crippen molar-refractivity contribution in [2.24, 2.45) is 7.05 Å². The number of anilines is 1. The Kier molecular flexibility index (Phi) is 8.32. The van der Waals surface area contributed by atoms with Crippen LogP contribution < -0.4 is 11.3 Å². The Morgan fingerprint density at radius 3 is 2.27 bits per heavy atom. The van der Waals surface area contributed by atoms with Gasteiger partial charge in [-0.15, -0.1) is 0 Å². The van der Waals surface area contributed by atoms with Crippen LogP contribution in [0.5, 0.6) is 0 Å². The fraction of sp³-hybridized carbons (Fsp3) is 0.400. The molecule has 0 spiro atoms. The van der Waals surface area contributed by atoms with Gasteiger partial charge in [-0.3, -0.25) is 9.69 Å². The third kappa shape index (κ3) is 6.13. The number of halogens is 3. The number of aliphatic carboxylic acids is 1. The lowest BCUT2D eigenvalue weighted by Crippen LogP contribution is -2.29. The minimum atomic E-state index is -5.08. The van der Waals surface area contributed by atoms with E-state index in [1.54, 1.807) is 0 Å². The molecule has 0 atom stereocenters. The van der Waals surface area contributed by atoms with Crippen molar-refractivity contribution in [3.8, 4) is 11.3 Å². The van der Waals surface area contributed by atoms with Gasteiger partial charge in [0.2, 0.25) is 0 Å². The highest BCUT2D eigenvalue weighted by molar-refractivity contribution is 5.96. The monoisotopic (exact) mass is 522 g/mol. The molecule has 1 aromatic carbocycles. The molecule has 3 heterocycles. The van der Waals surface area contributed by atoms with Crippen LogP contribution in [0, 0.1) is 0 Å². The van der Waals surface area contributed by atoms with Crippen LogP contribution in [0.3, 0.4) is 0 Å². The molecule has 0 bridgehead atoms. The largest absolute Gasteiger partial charge is 0.490 e. The molecule has 1 aliphatic rings. The molecule has 9 nitrogen and oxygen atoms in total. The molecule has 5 N–H and O–H groups in total.